The highest BCUT2D eigenvalue weighted by Gasteiger charge is 2.16. The molecule has 0 atom stereocenters. The first-order chi connectivity index (χ1) is 8.79. The van der Waals surface area contributed by atoms with Crippen molar-refractivity contribution in [2.45, 2.75) is 32.6 Å². The molecule has 96 valence electrons. The molecule has 1 fully saturated rings. The van der Waals surface area contributed by atoms with Crippen molar-refractivity contribution in [3.05, 3.63) is 35.0 Å². The first-order valence-corrected chi connectivity index (χ1v) is 7.22. The van der Waals surface area contributed by atoms with Gasteiger partial charge in [0.25, 0.3) is 0 Å². The summed E-state index contributed by atoms with van der Waals surface area (Å²) in [5, 5.41) is 4.56. The zero-order chi connectivity index (χ0) is 12.5. The molecular weight excluding hydrogens is 244 g/mol. The average Bonchev–Trinajstić information content (AvgIpc) is 2.77. The number of piperidine rings is 1. The van der Waals surface area contributed by atoms with Crippen LogP contribution in [0.2, 0.25) is 5.02 Å². The number of benzene rings is 1. The Morgan fingerprint density at radius 3 is 2.61 bits per heavy atom. The topological polar surface area (TPSA) is 8.17 Å². The van der Waals surface area contributed by atoms with Gasteiger partial charge < -0.3 is 5.01 Å². The second-order valence-corrected chi connectivity index (χ2v) is 5.45. The van der Waals surface area contributed by atoms with Crippen molar-refractivity contribution in [2.24, 2.45) is 0 Å². The molecule has 0 spiro atoms. The van der Waals surface area contributed by atoms with E-state index in [1.54, 1.807) is 0 Å². The van der Waals surface area contributed by atoms with E-state index in [2.05, 4.69) is 34.8 Å². The molecule has 0 bridgehead atoms. The molecule has 1 aliphatic heterocycles. The van der Waals surface area contributed by atoms with Gasteiger partial charge in [0.15, 0.2) is 0 Å². The molecule has 0 unspecified atom stereocenters. The van der Waals surface area contributed by atoms with Crippen LogP contribution in [0.25, 0.3) is 10.9 Å². The zero-order valence-electron chi connectivity index (χ0n) is 10.8. The molecule has 2 nitrogen and oxygen atoms in total. The number of aryl methyl sites for hydroxylation is 1. The fourth-order valence-electron chi connectivity index (χ4n) is 2.89. The van der Waals surface area contributed by atoms with Crippen LogP contribution in [0.3, 0.4) is 0 Å². The number of halogens is 1. The van der Waals surface area contributed by atoms with Crippen molar-refractivity contribution in [3.8, 4) is 0 Å². The van der Waals surface area contributed by atoms with Gasteiger partial charge >= 0.3 is 0 Å². The van der Waals surface area contributed by atoms with Crippen molar-refractivity contribution in [1.82, 2.24) is 4.68 Å². The maximum Gasteiger partial charge on any atom is 0.0699 e. The molecule has 18 heavy (non-hydrogen) atoms. The molecule has 2 aromatic rings. The van der Waals surface area contributed by atoms with Gasteiger partial charge in [-0.2, -0.15) is 0 Å². The van der Waals surface area contributed by atoms with Crippen LogP contribution in [0.15, 0.2) is 24.3 Å². The number of aromatic nitrogens is 1. The maximum atomic E-state index is 6.09. The fourth-order valence-corrected chi connectivity index (χ4v) is 3.07. The van der Waals surface area contributed by atoms with E-state index in [9.17, 15) is 0 Å². The number of nitrogens with zero attached hydrogens (tertiary/aromatic N) is 2. The summed E-state index contributed by atoms with van der Waals surface area (Å²) < 4.78 is 2.41. The number of rotatable bonds is 2. The highest BCUT2D eigenvalue weighted by molar-refractivity contribution is 6.31. The molecule has 2 heterocycles. The Kier molecular flexibility index (Phi) is 3.21. The molecule has 3 rings (SSSR count). The van der Waals surface area contributed by atoms with E-state index in [0.717, 1.165) is 11.4 Å². The molecule has 0 aliphatic carbocycles. The number of fused-ring (bicyclic) bond motifs is 1. The lowest BCUT2D eigenvalue weighted by molar-refractivity contribution is 0.479. The third-order valence-electron chi connectivity index (χ3n) is 3.79. The minimum absolute atomic E-state index is 0.820. The van der Waals surface area contributed by atoms with Gasteiger partial charge in [-0.15, -0.1) is 0 Å². The Bertz CT molecular complexity index is 553. The Labute approximate surface area is 113 Å². The quantitative estimate of drug-likeness (QED) is 0.795. The van der Waals surface area contributed by atoms with Crippen LogP contribution in [0, 0.1) is 0 Å². The lowest BCUT2D eigenvalue weighted by Crippen LogP contribution is -2.39. The minimum atomic E-state index is 0.820. The highest BCUT2D eigenvalue weighted by Crippen LogP contribution is 2.25. The Hall–Kier alpha value is -1.15. The summed E-state index contributed by atoms with van der Waals surface area (Å²) in [6.45, 7) is 4.55. The smallest absolute Gasteiger partial charge is 0.0699 e. The molecule has 1 saturated heterocycles. The zero-order valence-corrected chi connectivity index (χ0v) is 11.6. The van der Waals surface area contributed by atoms with Gasteiger partial charge in [-0.05, 0) is 49.9 Å². The molecule has 3 heteroatoms. The largest absolute Gasteiger partial charge is 0.313 e. The third kappa shape index (κ3) is 1.99. The van der Waals surface area contributed by atoms with Crippen molar-refractivity contribution in [1.29, 1.82) is 0 Å². The molecule has 0 radical (unpaired) electrons. The van der Waals surface area contributed by atoms with Crippen LogP contribution in [0.5, 0.6) is 0 Å². The van der Waals surface area contributed by atoms with Gasteiger partial charge in [-0.3, -0.25) is 4.68 Å². The first kappa shape index (κ1) is 11.9. The van der Waals surface area contributed by atoms with Crippen LogP contribution in [0.4, 0.5) is 0 Å². The average molecular weight is 263 g/mol. The lowest BCUT2D eigenvalue weighted by Gasteiger charge is -2.32. The summed E-state index contributed by atoms with van der Waals surface area (Å²) >= 11 is 6.09. The minimum Gasteiger partial charge on any atom is -0.313 e. The van der Waals surface area contributed by atoms with Crippen molar-refractivity contribution >= 4 is 22.5 Å². The molecular formula is C15H19ClN2. The van der Waals surface area contributed by atoms with Gasteiger partial charge in [0, 0.05) is 29.2 Å². The standard InChI is InChI=1S/C15H19ClN2/c1-2-14-11-12-10-13(16)6-7-15(12)18(14)17-8-4-3-5-9-17/h6-7,10-11H,2-5,8-9H2,1H3. The summed E-state index contributed by atoms with van der Waals surface area (Å²) in [5.74, 6) is 0. The summed E-state index contributed by atoms with van der Waals surface area (Å²) in [6, 6.07) is 8.47. The van der Waals surface area contributed by atoms with Gasteiger partial charge in [-0.1, -0.05) is 18.5 Å². The van der Waals surface area contributed by atoms with E-state index in [-0.39, 0.29) is 0 Å². The number of hydrogen-bond donors (Lipinski definition) is 0. The second-order valence-electron chi connectivity index (χ2n) is 5.02. The summed E-state index contributed by atoms with van der Waals surface area (Å²) in [5.41, 5.74) is 2.67. The first-order valence-electron chi connectivity index (χ1n) is 6.84. The van der Waals surface area contributed by atoms with Crippen LogP contribution in [0.1, 0.15) is 31.9 Å². The van der Waals surface area contributed by atoms with Crippen LogP contribution >= 0.6 is 11.6 Å². The summed E-state index contributed by atoms with van der Waals surface area (Å²) in [4.78, 5) is 0. The summed E-state index contributed by atoms with van der Waals surface area (Å²) in [6.07, 6.45) is 5.03. The third-order valence-corrected chi connectivity index (χ3v) is 4.02. The van der Waals surface area contributed by atoms with Gasteiger partial charge in [0.2, 0.25) is 0 Å². The fraction of sp³-hybridized carbons (Fsp3) is 0.467. The highest BCUT2D eigenvalue weighted by atomic mass is 35.5. The van der Waals surface area contributed by atoms with E-state index in [4.69, 9.17) is 11.6 Å². The van der Waals surface area contributed by atoms with Crippen LogP contribution in [-0.2, 0) is 6.42 Å². The van der Waals surface area contributed by atoms with Gasteiger partial charge in [0.05, 0.1) is 5.52 Å². The molecule has 1 aromatic heterocycles. The monoisotopic (exact) mass is 262 g/mol. The van der Waals surface area contributed by atoms with Crippen LogP contribution in [-0.4, -0.2) is 17.8 Å². The van der Waals surface area contributed by atoms with E-state index < -0.39 is 0 Å². The molecule has 1 aliphatic rings. The molecule has 0 saturated carbocycles. The second kappa shape index (κ2) is 4.85. The predicted octanol–water partition coefficient (Wildman–Crippen LogP) is 3.98. The molecule has 0 N–H and O–H groups in total. The maximum absolute atomic E-state index is 6.09. The van der Waals surface area contributed by atoms with Crippen molar-refractivity contribution in [3.63, 3.8) is 0 Å². The molecule has 0 amide bonds. The van der Waals surface area contributed by atoms with Gasteiger partial charge in [-0.25, -0.2) is 0 Å². The van der Waals surface area contributed by atoms with E-state index in [0.29, 0.717) is 0 Å². The normalized spacial score (nSPS) is 16.4. The van der Waals surface area contributed by atoms with Crippen molar-refractivity contribution in [2.75, 3.05) is 18.1 Å². The SMILES string of the molecule is CCc1cc2cc(Cl)ccc2n1N1CCCCC1. The Morgan fingerprint density at radius 2 is 1.89 bits per heavy atom. The Morgan fingerprint density at radius 1 is 1.11 bits per heavy atom. The summed E-state index contributed by atoms with van der Waals surface area (Å²) in [7, 11) is 0. The van der Waals surface area contributed by atoms with Crippen LogP contribution < -0.4 is 5.01 Å². The Balaban J connectivity index is 2.12. The molecule has 1 aromatic carbocycles. The van der Waals surface area contributed by atoms with E-state index in [1.165, 1.54) is 48.9 Å². The predicted molar refractivity (Wildman–Crippen MR) is 78.1 cm³/mol. The van der Waals surface area contributed by atoms with E-state index in [1.807, 2.05) is 6.07 Å². The lowest BCUT2D eigenvalue weighted by atomic mass is 10.2. The van der Waals surface area contributed by atoms with E-state index >= 15 is 0 Å². The number of hydrogen-bond acceptors (Lipinski definition) is 1. The van der Waals surface area contributed by atoms with Crippen molar-refractivity contribution < 1.29 is 0 Å². The van der Waals surface area contributed by atoms with Gasteiger partial charge in [0.1, 0.15) is 0 Å².